The minimum absolute atomic E-state index is 0.607. The Morgan fingerprint density at radius 1 is 1.21 bits per heavy atom. The van der Waals surface area contributed by atoms with Crippen LogP contribution in [0.15, 0.2) is 0 Å². The van der Waals surface area contributed by atoms with Crippen molar-refractivity contribution in [2.24, 2.45) is 5.92 Å². The van der Waals surface area contributed by atoms with Gasteiger partial charge in [-0.25, -0.2) is 0 Å². The predicted molar refractivity (Wildman–Crippen MR) is 65.2 cm³/mol. The summed E-state index contributed by atoms with van der Waals surface area (Å²) >= 11 is 5.80. The molecule has 0 heterocycles. The maximum absolute atomic E-state index is 5.80. The van der Waals surface area contributed by atoms with E-state index in [1.807, 2.05) is 0 Å². The van der Waals surface area contributed by atoms with Crippen LogP contribution < -0.4 is 0 Å². The van der Waals surface area contributed by atoms with Crippen LogP contribution in [0.2, 0.25) is 0 Å². The highest BCUT2D eigenvalue weighted by Gasteiger charge is 2.07. The average molecular weight is 221 g/mol. The molecule has 3 heteroatoms. The molecule has 0 saturated heterocycles. The molecule has 0 N–H and O–H groups in total. The summed E-state index contributed by atoms with van der Waals surface area (Å²) in [5.41, 5.74) is 0. The minimum Gasteiger partial charge on any atom is -0.309 e. The highest BCUT2D eigenvalue weighted by Crippen LogP contribution is 2.02. The van der Waals surface area contributed by atoms with Crippen molar-refractivity contribution in [3.8, 4) is 0 Å². The van der Waals surface area contributed by atoms with Crippen LogP contribution >= 0.6 is 11.6 Å². The molecule has 2 nitrogen and oxygen atoms in total. The molecule has 0 aliphatic rings. The van der Waals surface area contributed by atoms with Crippen molar-refractivity contribution in [1.82, 2.24) is 9.80 Å². The quantitative estimate of drug-likeness (QED) is 0.579. The normalized spacial score (nSPS) is 13.9. The predicted octanol–water partition coefficient (Wildman–Crippen LogP) is 2.13. The Kier molecular flexibility index (Phi) is 8.64. The van der Waals surface area contributed by atoms with Crippen LogP contribution in [0.5, 0.6) is 0 Å². The third-order valence-corrected chi connectivity index (χ3v) is 2.89. The largest absolute Gasteiger partial charge is 0.309 e. The molecule has 1 atom stereocenters. The highest BCUT2D eigenvalue weighted by molar-refractivity contribution is 6.18. The third kappa shape index (κ3) is 7.60. The molecule has 0 amide bonds. The van der Waals surface area contributed by atoms with E-state index in [9.17, 15) is 0 Å². The fourth-order valence-corrected chi connectivity index (χ4v) is 1.58. The Morgan fingerprint density at radius 2 is 1.86 bits per heavy atom. The summed E-state index contributed by atoms with van der Waals surface area (Å²) in [5.74, 6) is 1.38. The molecule has 0 aromatic carbocycles. The van der Waals surface area contributed by atoms with Crippen LogP contribution in [-0.4, -0.2) is 56.0 Å². The summed E-state index contributed by atoms with van der Waals surface area (Å²) in [5, 5.41) is 0. The first kappa shape index (κ1) is 14.2. The summed E-state index contributed by atoms with van der Waals surface area (Å²) in [6.07, 6.45) is 1.25. The minimum atomic E-state index is 0.607. The van der Waals surface area contributed by atoms with Gasteiger partial charge in [0.2, 0.25) is 0 Å². The molecule has 0 radical (unpaired) electrons. The van der Waals surface area contributed by atoms with Gasteiger partial charge in [-0.2, -0.15) is 0 Å². The van der Waals surface area contributed by atoms with Gasteiger partial charge in [0.25, 0.3) is 0 Å². The van der Waals surface area contributed by atoms with E-state index in [0.29, 0.717) is 5.92 Å². The fraction of sp³-hybridized carbons (Fsp3) is 1.00. The maximum Gasteiger partial charge on any atom is 0.0261 e. The number of nitrogens with zero attached hydrogens (tertiary/aromatic N) is 2. The van der Waals surface area contributed by atoms with E-state index >= 15 is 0 Å². The monoisotopic (exact) mass is 220 g/mol. The Balaban J connectivity index is 3.57. The van der Waals surface area contributed by atoms with E-state index < -0.39 is 0 Å². The van der Waals surface area contributed by atoms with Gasteiger partial charge in [0, 0.05) is 12.4 Å². The first-order valence-electron chi connectivity index (χ1n) is 5.53. The SMILES string of the molecule is CCN(CCCN(C)C)CC(C)CCl. The van der Waals surface area contributed by atoms with Crippen molar-refractivity contribution < 1.29 is 0 Å². The first-order chi connectivity index (χ1) is 6.60. The molecule has 0 spiro atoms. The second-order valence-electron chi connectivity index (χ2n) is 4.31. The zero-order chi connectivity index (χ0) is 11.0. The Bertz CT molecular complexity index is 128. The van der Waals surface area contributed by atoms with Crippen LogP contribution in [0.25, 0.3) is 0 Å². The zero-order valence-corrected chi connectivity index (χ0v) is 10.8. The van der Waals surface area contributed by atoms with Gasteiger partial charge in [0.1, 0.15) is 0 Å². The van der Waals surface area contributed by atoms with Crippen LogP contribution in [0.1, 0.15) is 20.3 Å². The van der Waals surface area contributed by atoms with Crippen LogP contribution in [0, 0.1) is 5.92 Å². The van der Waals surface area contributed by atoms with Crippen molar-refractivity contribution in [2.75, 3.05) is 46.2 Å². The summed E-state index contributed by atoms with van der Waals surface area (Å²) < 4.78 is 0. The molecule has 0 fully saturated rings. The van der Waals surface area contributed by atoms with E-state index in [0.717, 1.165) is 19.0 Å². The van der Waals surface area contributed by atoms with Gasteiger partial charge in [-0.3, -0.25) is 0 Å². The van der Waals surface area contributed by atoms with Crippen LogP contribution in [0.3, 0.4) is 0 Å². The van der Waals surface area contributed by atoms with Crippen molar-refractivity contribution >= 4 is 11.6 Å². The Hall–Kier alpha value is 0.210. The maximum atomic E-state index is 5.80. The van der Waals surface area contributed by atoms with Crippen molar-refractivity contribution in [3.05, 3.63) is 0 Å². The van der Waals surface area contributed by atoms with E-state index in [1.165, 1.54) is 19.5 Å². The molecular formula is C11H25ClN2. The van der Waals surface area contributed by atoms with Gasteiger partial charge >= 0.3 is 0 Å². The molecule has 0 aliphatic carbocycles. The molecular weight excluding hydrogens is 196 g/mol. The molecule has 0 bridgehead atoms. The molecule has 14 heavy (non-hydrogen) atoms. The first-order valence-corrected chi connectivity index (χ1v) is 6.06. The van der Waals surface area contributed by atoms with E-state index in [4.69, 9.17) is 11.6 Å². The van der Waals surface area contributed by atoms with Gasteiger partial charge < -0.3 is 9.80 Å². The lowest BCUT2D eigenvalue weighted by atomic mass is 10.2. The fourth-order valence-electron chi connectivity index (χ4n) is 1.48. The van der Waals surface area contributed by atoms with Gasteiger partial charge in [-0.1, -0.05) is 13.8 Å². The van der Waals surface area contributed by atoms with Gasteiger partial charge in [0.15, 0.2) is 0 Å². The molecule has 0 aliphatic heterocycles. The smallest absolute Gasteiger partial charge is 0.0261 e. The number of alkyl halides is 1. The summed E-state index contributed by atoms with van der Waals surface area (Å²) in [4.78, 5) is 4.72. The second-order valence-corrected chi connectivity index (χ2v) is 4.62. The zero-order valence-electron chi connectivity index (χ0n) is 10.1. The number of hydrogen-bond acceptors (Lipinski definition) is 2. The molecule has 0 aromatic rings. The van der Waals surface area contributed by atoms with Crippen LogP contribution in [0.4, 0.5) is 0 Å². The third-order valence-electron chi connectivity index (χ3n) is 2.36. The molecule has 0 rings (SSSR count). The number of hydrogen-bond donors (Lipinski definition) is 0. The number of rotatable bonds is 8. The summed E-state index contributed by atoms with van der Waals surface area (Å²) in [6, 6.07) is 0. The molecule has 86 valence electrons. The van der Waals surface area contributed by atoms with E-state index in [1.54, 1.807) is 0 Å². The lowest BCUT2D eigenvalue weighted by molar-refractivity contribution is 0.242. The standard InChI is InChI=1S/C11H25ClN2/c1-5-14(10-11(2)9-12)8-6-7-13(3)4/h11H,5-10H2,1-4H3. The summed E-state index contributed by atoms with van der Waals surface area (Å²) in [6.45, 7) is 9.06. The van der Waals surface area contributed by atoms with Crippen LogP contribution in [-0.2, 0) is 0 Å². The lowest BCUT2D eigenvalue weighted by Crippen LogP contribution is -2.31. The highest BCUT2D eigenvalue weighted by atomic mass is 35.5. The lowest BCUT2D eigenvalue weighted by Gasteiger charge is -2.23. The van der Waals surface area contributed by atoms with Crippen molar-refractivity contribution in [1.29, 1.82) is 0 Å². The molecule has 0 saturated carbocycles. The Labute approximate surface area is 94.2 Å². The van der Waals surface area contributed by atoms with Crippen molar-refractivity contribution in [3.63, 3.8) is 0 Å². The van der Waals surface area contributed by atoms with Crippen molar-refractivity contribution in [2.45, 2.75) is 20.3 Å². The van der Waals surface area contributed by atoms with Gasteiger partial charge in [0.05, 0.1) is 0 Å². The Morgan fingerprint density at radius 3 is 2.29 bits per heavy atom. The van der Waals surface area contributed by atoms with Gasteiger partial charge in [-0.15, -0.1) is 11.6 Å². The van der Waals surface area contributed by atoms with E-state index in [2.05, 4.69) is 37.7 Å². The number of halogens is 1. The topological polar surface area (TPSA) is 6.48 Å². The summed E-state index contributed by atoms with van der Waals surface area (Å²) in [7, 11) is 4.25. The second kappa shape index (κ2) is 8.51. The van der Waals surface area contributed by atoms with Gasteiger partial charge in [-0.05, 0) is 46.1 Å². The van der Waals surface area contributed by atoms with E-state index in [-0.39, 0.29) is 0 Å². The molecule has 1 unspecified atom stereocenters. The molecule has 0 aromatic heterocycles. The average Bonchev–Trinajstić information content (AvgIpc) is 2.15.